The lowest BCUT2D eigenvalue weighted by Crippen LogP contribution is -2.41. The van der Waals surface area contributed by atoms with Crippen molar-refractivity contribution in [2.24, 2.45) is 0 Å². The van der Waals surface area contributed by atoms with Gasteiger partial charge in [-0.05, 0) is 27.7 Å². The van der Waals surface area contributed by atoms with Crippen LogP contribution in [0, 0.1) is 0 Å². The van der Waals surface area contributed by atoms with Gasteiger partial charge in [-0.1, -0.05) is 0 Å². The molecular weight excluding hydrogens is 295 g/mol. The van der Waals surface area contributed by atoms with E-state index in [1.807, 2.05) is 27.7 Å². The predicted octanol–water partition coefficient (Wildman–Crippen LogP) is 1.03. The summed E-state index contributed by atoms with van der Waals surface area (Å²) in [7, 11) is 0.892. The molecule has 0 saturated carbocycles. The zero-order valence-electron chi connectivity index (χ0n) is 15.9. The van der Waals surface area contributed by atoms with Gasteiger partial charge in [-0.2, -0.15) is 5.10 Å². The second-order valence-electron chi connectivity index (χ2n) is 6.36. The molecule has 0 unspecified atom stereocenters. The van der Waals surface area contributed by atoms with E-state index in [0.717, 1.165) is 4.68 Å². The Kier molecular flexibility index (Phi) is 3.30. The lowest BCUT2D eigenvalue weighted by molar-refractivity contribution is 0.00578. The number of aromatic nitrogens is 4. The molecule has 2 aromatic heterocycles. The lowest BCUT2D eigenvalue weighted by Gasteiger charge is -2.32. The van der Waals surface area contributed by atoms with Crippen molar-refractivity contribution < 1.29 is 16.8 Å². The zero-order chi connectivity index (χ0) is 18.5. The maximum atomic E-state index is 8.30. The summed E-state index contributed by atoms with van der Waals surface area (Å²) in [4.78, 5) is 8.03. The van der Waals surface area contributed by atoms with Crippen molar-refractivity contribution in [3.63, 3.8) is 0 Å². The van der Waals surface area contributed by atoms with E-state index in [9.17, 15) is 0 Å². The molecule has 122 valence electrons. The molecule has 0 aliphatic carbocycles. The number of ether oxygens (including phenoxy) is 1. The van der Waals surface area contributed by atoms with Crippen LogP contribution in [0.3, 0.4) is 0 Å². The summed E-state index contributed by atoms with van der Waals surface area (Å²) in [6, 6.07) is 0. The van der Waals surface area contributed by atoms with Gasteiger partial charge in [0.1, 0.15) is 12.3 Å². The van der Waals surface area contributed by atoms with Gasteiger partial charge < -0.3 is 14.0 Å². The largest absolute Gasteiger partial charge is 0.498 e. The Bertz CT molecular complexity index is 748. The minimum atomic E-state index is -2.02. The first-order chi connectivity index (χ1) is 11.6. The molecule has 3 rings (SSSR count). The topological polar surface area (TPSA) is 71.3 Å². The van der Waals surface area contributed by atoms with E-state index in [-0.39, 0.29) is 5.82 Å². The zero-order valence-corrected chi connectivity index (χ0v) is 13.9. The highest BCUT2D eigenvalue weighted by Crippen LogP contribution is 2.36. The Labute approximate surface area is 138 Å². The van der Waals surface area contributed by atoms with Crippen molar-refractivity contribution in [2.45, 2.75) is 45.4 Å². The Morgan fingerprint density at radius 3 is 2.35 bits per heavy atom. The van der Waals surface area contributed by atoms with Gasteiger partial charge in [0.15, 0.2) is 5.75 Å². The van der Waals surface area contributed by atoms with Crippen LogP contribution in [0.2, 0.25) is 0 Å². The van der Waals surface area contributed by atoms with Crippen LogP contribution in [0.1, 0.15) is 36.3 Å². The van der Waals surface area contributed by atoms with Gasteiger partial charge >= 0.3 is 7.12 Å². The van der Waals surface area contributed by atoms with Gasteiger partial charge in [0.2, 0.25) is 0 Å². The Hall–Kier alpha value is -1.93. The van der Waals surface area contributed by atoms with Gasteiger partial charge in [-0.15, -0.1) is 0 Å². The minimum absolute atomic E-state index is 0.0168. The summed E-state index contributed by atoms with van der Waals surface area (Å²) in [5.41, 5.74) is -0.313. The fraction of sp³-hybridized carbons (Fsp3) is 0.533. The van der Waals surface area contributed by atoms with Crippen molar-refractivity contribution >= 4 is 12.6 Å². The maximum absolute atomic E-state index is 8.30. The normalized spacial score (nSPS) is 21.0. The summed E-state index contributed by atoms with van der Waals surface area (Å²) in [6.45, 7) is 5.82. The highest BCUT2D eigenvalue weighted by Gasteiger charge is 2.52. The van der Waals surface area contributed by atoms with Crippen LogP contribution in [-0.2, 0) is 15.8 Å². The average molecular weight is 318 g/mol. The molecule has 1 aliphatic rings. The minimum Gasteiger partial charge on any atom is -0.494 e. The molecule has 0 bridgehead atoms. The molecule has 8 heteroatoms. The van der Waals surface area contributed by atoms with E-state index >= 15 is 0 Å². The van der Waals surface area contributed by atoms with E-state index < -0.39 is 24.8 Å². The third kappa shape index (κ3) is 3.09. The molecule has 7 nitrogen and oxygen atoms in total. The molecule has 1 saturated heterocycles. The fourth-order valence-corrected chi connectivity index (χ4v) is 2.08. The molecule has 0 atom stereocenters. The van der Waals surface area contributed by atoms with Crippen LogP contribution in [0.4, 0.5) is 0 Å². The fourth-order valence-electron chi connectivity index (χ4n) is 2.08. The molecule has 0 radical (unpaired) electrons. The summed E-state index contributed by atoms with van der Waals surface area (Å²) < 4.78 is 34.7. The molecule has 0 spiro atoms. The molecule has 3 heterocycles. The number of hydrogen-bond acceptors (Lipinski definition) is 6. The molecular formula is C15H21BN4O3. The number of rotatable bonds is 4. The van der Waals surface area contributed by atoms with Crippen LogP contribution >= 0.6 is 0 Å². The SMILES string of the molecule is [2H]C([2H])(c1ncc(OC)cn1)n1cc(B2OC(C)(C)C(C)(C)O2)cn1. The van der Waals surface area contributed by atoms with E-state index in [4.69, 9.17) is 16.8 Å². The number of hydrogen-bond donors (Lipinski definition) is 0. The van der Waals surface area contributed by atoms with E-state index in [2.05, 4.69) is 15.1 Å². The standard InChI is InChI=1S/C15H21BN4O3/c1-14(2)15(3,4)23-16(22-14)11-6-19-20(9-11)10-13-17-7-12(21-5)8-18-13/h6-9H,10H2,1-5H3/i10D2. The molecule has 23 heavy (non-hydrogen) atoms. The molecule has 1 fully saturated rings. The smallest absolute Gasteiger partial charge is 0.494 e. The average Bonchev–Trinajstić information content (AvgIpc) is 3.11. The predicted molar refractivity (Wildman–Crippen MR) is 85.6 cm³/mol. The van der Waals surface area contributed by atoms with E-state index in [1.165, 1.54) is 25.7 Å². The lowest BCUT2D eigenvalue weighted by atomic mass is 9.82. The molecule has 2 aromatic rings. The van der Waals surface area contributed by atoms with E-state index in [1.54, 1.807) is 6.20 Å². The van der Waals surface area contributed by atoms with Crippen LogP contribution in [0.15, 0.2) is 24.8 Å². The summed E-state index contributed by atoms with van der Waals surface area (Å²) >= 11 is 0. The number of methoxy groups -OCH3 is 1. The van der Waals surface area contributed by atoms with Crippen molar-refractivity contribution in [1.29, 1.82) is 0 Å². The van der Waals surface area contributed by atoms with Gasteiger partial charge in [0.25, 0.3) is 0 Å². The second kappa shape index (κ2) is 5.61. The first-order valence-electron chi connectivity index (χ1n) is 8.34. The first-order valence-corrected chi connectivity index (χ1v) is 7.34. The summed E-state index contributed by atoms with van der Waals surface area (Å²) in [5, 5.41) is 4.12. The van der Waals surface area contributed by atoms with Crippen molar-refractivity contribution in [3.8, 4) is 5.75 Å². The van der Waals surface area contributed by atoms with Crippen LogP contribution in [0.5, 0.6) is 5.75 Å². The Morgan fingerprint density at radius 2 is 1.78 bits per heavy atom. The van der Waals surface area contributed by atoms with Crippen LogP contribution in [0.25, 0.3) is 0 Å². The summed E-state index contributed by atoms with van der Waals surface area (Å²) in [6.07, 6.45) is 5.91. The van der Waals surface area contributed by atoms with Crippen LogP contribution < -0.4 is 10.2 Å². The summed E-state index contributed by atoms with van der Waals surface area (Å²) in [5.74, 6) is 0.440. The van der Waals surface area contributed by atoms with Crippen molar-refractivity contribution in [1.82, 2.24) is 19.7 Å². The van der Waals surface area contributed by atoms with Crippen molar-refractivity contribution in [2.75, 3.05) is 7.11 Å². The maximum Gasteiger partial charge on any atom is 0.498 e. The first kappa shape index (κ1) is 13.5. The molecule has 0 amide bonds. The number of nitrogens with zero attached hydrogens (tertiary/aromatic N) is 4. The van der Waals surface area contributed by atoms with Gasteiger partial charge in [0, 0.05) is 17.9 Å². The van der Waals surface area contributed by atoms with Gasteiger partial charge in [0.05, 0.1) is 33.4 Å². The quantitative estimate of drug-likeness (QED) is 0.784. The highest BCUT2D eigenvalue weighted by atomic mass is 16.7. The third-order valence-corrected chi connectivity index (χ3v) is 4.21. The van der Waals surface area contributed by atoms with Gasteiger partial charge in [-0.3, -0.25) is 4.68 Å². The Morgan fingerprint density at radius 1 is 1.17 bits per heavy atom. The molecule has 0 aromatic carbocycles. The molecule has 0 N–H and O–H groups in total. The van der Waals surface area contributed by atoms with Gasteiger partial charge in [-0.25, -0.2) is 9.97 Å². The third-order valence-electron chi connectivity index (χ3n) is 4.21. The van der Waals surface area contributed by atoms with Crippen molar-refractivity contribution in [3.05, 3.63) is 30.6 Å². The highest BCUT2D eigenvalue weighted by molar-refractivity contribution is 6.61. The van der Waals surface area contributed by atoms with Crippen LogP contribution in [-0.4, -0.2) is 45.2 Å². The Balaban J connectivity index is 1.85. The van der Waals surface area contributed by atoms with E-state index in [0.29, 0.717) is 11.2 Å². The monoisotopic (exact) mass is 318 g/mol. The molecule has 1 aliphatic heterocycles. The second-order valence-corrected chi connectivity index (χ2v) is 6.36.